The molecule has 32 heavy (non-hydrogen) atoms. The number of anilines is 1. The Labute approximate surface area is 196 Å². The summed E-state index contributed by atoms with van der Waals surface area (Å²) in [7, 11) is 0. The Morgan fingerprint density at radius 3 is 2.69 bits per heavy atom. The highest BCUT2D eigenvalue weighted by Gasteiger charge is 2.37. The molecule has 0 spiro atoms. The number of fused-ring (bicyclic) bond motifs is 2. The molecule has 1 amide bonds. The van der Waals surface area contributed by atoms with Crippen molar-refractivity contribution in [3.63, 3.8) is 0 Å². The van der Waals surface area contributed by atoms with Gasteiger partial charge in [0.1, 0.15) is 16.3 Å². The lowest BCUT2D eigenvalue weighted by atomic mass is 10.2. The maximum absolute atomic E-state index is 13.0. The van der Waals surface area contributed by atoms with E-state index in [0.717, 1.165) is 28.6 Å². The number of carbonyl (C=O) groups is 2. The number of rotatable bonds is 5. The molecule has 3 aromatic rings. The Hall–Kier alpha value is -2.21. The van der Waals surface area contributed by atoms with Gasteiger partial charge < -0.3 is 14.7 Å². The van der Waals surface area contributed by atoms with Crippen LogP contribution in [0.25, 0.3) is 10.2 Å². The molecule has 168 valence electrons. The first-order valence-corrected chi connectivity index (χ1v) is 11.3. The number of alkyl halides is 3. The van der Waals surface area contributed by atoms with Gasteiger partial charge in [-0.1, -0.05) is 23.2 Å². The van der Waals surface area contributed by atoms with Gasteiger partial charge in [-0.05, 0) is 30.3 Å². The molecule has 2 aromatic carbocycles. The van der Waals surface area contributed by atoms with Gasteiger partial charge in [0.2, 0.25) is 5.91 Å². The van der Waals surface area contributed by atoms with Crippen LogP contribution < -0.4 is 9.64 Å². The van der Waals surface area contributed by atoms with Gasteiger partial charge in [0, 0.05) is 4.90 Å². The van der Waals surface area contributed by atoms with Crippen molar-refractivity contribution in [2.24, 2.45) is 0 Å². The summed E-state index contributed by atoms with van der Waals surface area (Å²) in [6.45, 7) is -0.0186. The number of halogens is 5. The zero-order chi connectivity index (χ0) is 23.2. The van der Waals surface area contributed by atoms with Gasteiger partial charge >= 0.3 is 12.3 Å². The van der Waals surface area contributed by atoms with Crippen LogP contribution in [0.2, 0.25) is 10.0 Å². The number of carbonyl (C=O) groups excluding carboxylic acids is 1. The van der Waals surface area contributed by atoms with E-state index in [0.29, 0.717) is 26.1 Å². The summed E-state index contributed by atoms with van der Waals surface area (Å²) in [5.74, 6) is -2.16. The minimum Gasteiger partial charge on any atom is -0.481 e. The van der Waals surface area contributed by atoms with E-state index in [1.165, 1.54) is 22.3 Å². The normalized spacial score (nSPS) is 16.3. The SMILES string of the molecule is O=C(O)CC1Sc2cc(OC(F)(F)F)ccc2N(Cc2nc3c(Cl)c(Cl)ccc3s2)C1=O. The number of benzene rings is 2. The van der Waals surface area contributed by atoms with Gasteiger partial charge in [0.25, 0.3) is 0 Å². The molecule has 1 aliphatic heterocycles. The molecule has 13 heteroatoms. The number of hydrogen-bond acceptors (Lipinski definition) is 6. The first-order chi connectivity index (χ1) is 15.0. The maximum Gasteiger partial charge on any atom is 0.573 e. The average Bonchev–Trinajstić information content (AvgIpc) is 3.10. The van der Waals surface area contributed by atoms with Crippen LogP contribution in [-0.2, 0) is 16.1 Å². The number of nitrogens with zero attached hydrogens (tertiary/aromatic N) is 2. The second kappa shape index (κ2) is 8.62. The molecule has 0 saturated heterocycles. The van der Waals surface area contributed by atoms with Gasteiger partial charge in [-0.15, -0.1) is 36.3 Å². The number of amides is 1. The van der Waals surface area contributed by atoms with E-state index < -0.39 is 35.7 Å². The number of carboxylic acids is 1. The summed E-state index contributed by atoms with van der Waals surface area (Å²) < 4.78 is 42.5. The van der Waals surface area contributed by atoms with Crippen LogP contribution in [0.3, 0.4) is 0 Å². The Morgan fingerprint density at radius 1 is 1.25 bits per heavy atom. The van der Waals surface area contributed by atoms with Crippen LogP contribution in [0.4, 0.5) is 18.9 Å². The predicted octanol–water partition coefficient (Wildman–Crippen LogP) is 5.98. The molecule has 0 aliphatic carbocycles. The van der Waals surface area contributed by atoms with E-state index in [1.54, 1.807) is 12.1 Å². The van der Waals surface area contributed by atoms with E-state index in [4.69, 9.17) is 23.2 Å². The molecule has 1 N–H and O–H groups in total. The van der Waals surface area contributed by atoms with E-state index in [9.17, 15) is 27.9 Å². The third kappa shape index (κ3) is 4.75. The van der Waals surface area contributed by atoms with Crippen LogP contribution in [0.5, 0.6) is 5.75 Å². The fourth-order valence-electron chi connectivity index (χ4n) is 3.14. The van der Waals surface area contributed by atoms with Crippen molar-refractivity contribution in [1.29, 1.82) is 0 Å². The summed E-state index contributed by atoms with van der Waals surface area (Å²) in [5, 5.41) is 9.25. The number of thiazole rings is 1. The number of thioether (sulfide) groups is 1. The Balaban J connectivity index is 1.72. The average molecular weight is 523 g/mol. The van der Waals surface area contributed by atoms with E-state index in [1.807, 2.05) is 0 Å². The molecular formula is C19H11Cl2F3N2O4S2. The lowest BCUT2D eigenvalue weighted by Crippen LogP contribution is -2.41. The monoisotopic (exact) mass is 522 g/mol. The topological polar surface area (TPSA) is 79.7 Å². The van der Waals surface area contributed by atoms with Crippen LogP contribution in [0.15, 0.2) is 35.2 Å². The maximum atomic E-state index is 13.0. The van der Waals surface area contributed by atoms with Crippen LogP contribution in [-0.4, -0.2) is 33.6 Å². The highest BCUT2D eigenvalue weighted by atomic mass is 35.5. The van der Waals surface area contributed by atoms with Crippen molar-refractivity contribution < 1.29 is 32.6 Å². The molecule has 0 radical (unpaired) electrons. The summed E-state index contributed by atoms with van der Waals surface area (Å²) in [4.78, 5) is 30.3. The smallest absolute Gasteiger partial charge is 0.481 e. The number of carboxylic acid groups (broad SMARTS) is 1. The minimum atomic E-state index is -4.88. The van der Waals surface area contributed by atoms with Crippen molar-refractivity contribution >= 4 is 74.1 Å². The summed E-state index contributed by atoms with van der Waals surface area (Å²) in [6, 6.07) is 6.92. The van der Waals surface area contributed by atoms with Crippen molar-refractivity contribution in [3.8, 4) is 5.75 Å². The minimum absolute atomic E-state index is 0.0186. The molecule has 6 nitrogen and oxygen atoms in total. The Kier molecular flexibility index (Phi) is 6.19. The van der Waals surface area contributed by atoms with Gasteiger partial charge in [-0.3, -0.25) is 9.59 Å². The molecule has 0 saturated carbocycles. The van der Waals surface area contributed by atoms with Crippen LogP contribution in [0, 0.1) is 0 Å². The number of hydrogen-bond donors (Lipinski definition) is 1. The quantitative estimate of drug-likeness (QED) is 0.443. The Morgan fingerprint density at radius 2 is 2.00 bits per heavy atom. The number of ether oxygens (including phenoxy) is 1. The van der Waals surface area contributed by atoms with Gasteiger partial charge in [0.05, 0.1) is 38.6 Å². The zero-order valence-electron chi connectivity index (χ0n) is 15.7. The van der Waals surface area contributed by atoms with Crippen molar-refractivity contribution in [3.05, 3.63) is 45.4 Å². The fourth-order valence-corrected chi connectivity index (χ4v) is 5.77. The summed E-state index contributed by atoms with van der Waals surface area (Å²) >= 11 is 14.4. The van der Waals surface area contributed by atoms with E-state index in [2.05, 4.69) is 9.72 Å². The van der Waals surface area contributed by atoms with Crippen molar-refractivity contribution in [1.82, 2.24) is 4.98 Å². The molecule has 1 atom stereocenters. The second-order valence-electron chi connectivity index (χ2n) is 6.62. The third-order valence-corrected chi connectivity index (χ3v) is 7.45. The second-order valence-corrected chi connectivity index (χ2v) is 9.77. The zero-order valence-corrected chi connectivity index (χ0v) is 18.8. The molecule has 1 aromatic heterocycles. The standard InChI is InChI=1S/C19H11Cl2F3N2O4S2/c20-9-2-4-11-17(16(9)21)25-14(32-11)7-26-10-3-1-8(30-19(22,23)24)5-12(10)31-13(18(26)29)6-15(27)28/h1-5,13H,6-7H2,(H,27,28). The number of aliphatic carboxylic acids is 1. The highest BCUT2D eigenvalue weighted by Crippen LogP contribution is 2.44. The molecule has 2 heterocycles. The van der Waals surface area contributed by atoms with Crippen molar-refractivity contribution in [2.45, 2.75) is 29.5 Å². The summed E-state index contributed by atoms with van der Waals surface area (Å²) in [5.41, 5.74) is 0.800. The summed E-state index contributed by atoms with van der Waals surface area (Å²) in [6.07, 6.45) is -5.38. The molecule has 0 fully saturated rings. The third-order valence-electron chi connectivity index (χ3n) is 4.42. The van der Waals surface area contributed by atoms with Crippen LogP contribution in [0.1, 0.15) is 11.4 Å². The Bertz CT molecular complexity index is 1240. The highest BCUT2D eigenvalue weighted by molar-refractivity contribution is 8.01. The molecule has 1 aliphatic rings. The lowest BCUT2D eigenvalue weighted by molar-refractivity contribution is -0.274. The largest absolute Gasteiger partial charge is 0.573 e. The van der Waals surface area contributed by atoms with E-state index in [-0.39, 0.29) is 11.6 Å². The first kappa shape index (κ1) is 23.0. The van der Waals surface area contributed by atoms with Crippen molar-refractivity contribution in [2.75, 3.05) is 4.90 Å². The molecule has 4 rings (SSSR count). The number of aromatic nitrogens is 1. The van der Waals surface area contributed by atoms with Crippen LogP contribution >= 0.6 is 46.3 Å². The molecule has 0 bridgehead atoms. The first-order valence-electron chi connectivity index (χ1n) is 8.85. The predicted molar refractivity (Wildman–Crippen MR) is 116 cm³/mol. The molecule has 1 unspecified atom stereocenters. The van der Waals surface area contributed by atoms with E-state index >= 15 is 0 Å². The van der Waals surface area contributed by atoms with Gasteiger partial charge in [0.15, 0.2) is 0 Å². The fraction of sp³-hybridized carbons (Fsp3) is 0.211. The molecular weight excluding hydrogens is 512 g/mol. The van der Waals surface area contributed by atoms with Gasteiger partial charge in [-0.2, -0.15) is 0 Å². The van der Waals surface area contributed by atoms with Gasteiger partial charge in [-0.25, -0.2) is 4.98 Å². The lowest BCUT2D eigenvalue weighted by Gasteiger charge is -2.33.